The Hall–Kier alpha value is -2.39. The molecule has 0 aromatic carbocycles. The largest absolute Gasteiger partial charge is 0.352 e. The van der Waals surface area contributed by atoms with E-state index in [1.165, 1.54) is 12.4 Å². The highest BCUT2D eigenvalue weighted by atomic mass is 32.2. The molecule has 0 saturated carbocycles. The normalized spacial score (nSPS) is 10.6. The monoisotopic (exact) mass is 372 g/mol. The van der Waals surface area contributed by atoms with E-state index >= 15 is 0 Å². The zero-order chi connectivity index (χ0) is 17.5. The van der Waals surface area contributed by atoms with Crippen LogP contribution in [0.4, 0.5) is 0 Å². The number of hydrogen-bond donors (Lipinski definition) is 1. The topological polar surface area (TPSA) is 93.6 Å². The van der Waals surface area contributed by atoms with Gasteiger partial charge in [-0.1, -0.05) is 23.1 Å². The summed E-state index contributed by atoms with van der Waals surface area (Å²) in [6.07, 6.45) is 7.29. The van der Waals surface area contributed by atoms with Gasteiger partial charge in [0.2, 0.25) is 0 Å². The van der Waals surface area contributed by atoms with Crippen molar-refractivity contribution in [2.24, 2.45) is 0 Å². The zero-order valence-electron chi connectivity index (χ0n) is 13.5. The van der Waals surface area contributed by atoms with E-state index in [2.05, 4.69) is 30.5 Å². The number of aryl methyl sites for hydroxylation is 1. The lowest BCUT2D eigenvalue weighted by molar-refractivity contribution is 0.0953. The van der Waals surface area contributed by atoms with Gasteiger partial charge in [0, 0.05) is 42.6 Å². The number of rotatable bonds is 7. The van der Waals surface area contributed by atoms with Crippen LogP contribution < -0.4 is 5.32 Å². The summed E-state index contributed by atoms with van der Waals surface area (Å²) in [7, 11) is 0. The molecule has 0 aliphatic heterocycles. The molecule has 0 fully saturated rings. The quantitative estimate of drug-likeness (QED) is 0.503. The molecule has 128 valence electrons. The molecule has 0 spiro atoms. The van der Waals surface area contributed by atoms with Gasteiger partial charge in [0.05, 0.1) is 5.56 Å². The van der Waals surface area contributed by atoms with Crippen molar-refractivity contribution in [2.45, 2.75) is 17.7 Å². The first-order valence-electron chi connectivity index (χ1n) is 7.66. The number of carbonyl (C=O) groups excluding carboxylic acids is 1. The summed E-state index contributed by atoms with van der Waals surface area (Å²) >= 11 is 3.23. The fraction of sp³-hybridized carbons (Fsp3) is 0.250. The van der Waals surface area contributed by atoms with E-state index in [1.54, 1.807) is 35.5 Å². The van der Waals surface area contributed by atoms with Crippen LogP contribution in [0.15, 0.2) is 41.3 Å². The maximum Gasteiger partial charge on any atom is 0.254 e. The summed E-state index contributed by atoms with van der Waals surface area (Å²) in [5.74, 6) is 1.28. The second-order valence-corrected chi connectivity index (χ2v) is 7.60. The third kappa shape index (κ3) is 5.04. The minimum Gasteiger partial charge on any atom is -0.352 e. The van der Waals surface area contributed by atoms with E-state index in [0.29, 0.717) is 17.9 Å². The van der Waals surface area contributed by atoms with Crippen molar-refractivity contribution in [3.05, 3.63) is 47.5 Å². The molecule has 0 aliphatic rings. The highest BCUT2D eigenvalue weighted by Gasteiger charge is 2.08. The standard InChI is InChI=1S/C16H16N6OS2/c1-11-21-22-16(25-11)24-8-2-5-18-15(23)13-9-19-14(20-10-13)12-3-6-17-7-4-12/h3-4,6-7,9-10H,2,5,8H2,1H3,(H,18,23). The SMILES string of the molecule is Cc1nnc(SCCCNC(=O)c2cnc(-c3ccncc3)nc2)s1. The Balaban J connectivity index is 1.43. The van der Waals surface area contributed by atoms with E-state index in [4.69, 9.17) is 0 Å². The lowest BCUT2D eigenvalue weighted by Crippen LogP contribution is -2.25. The maximum absolute atomic E-state index is 12.1. The second kappa shape index (κ2) is 8.63. The summed E-state index contributed by atoms with van der Waals surface area (Å²) in [6.45, 7) is 2.53. The number of nitrogens with zero attached hydrogens (tertiary/aromatic N) is 5. The molecule has 0 aliphatic carbocycles. The molecule has 3 rings (SSSR count). The predicted molar refractivity (Wildman–Crippen MR) is 97.6 cm³/mol. The Kier molecular flexibility index (Phi) is 6.02. The number of nitrogens with one attached hydrogen (secondary N) is 1. The highest BCUT2D eigenvalue weighted by molar-refractivity contribution is 8.01. The van der Waals surface area contributed by atoms with Gasteiger partial charge in [-0.3, -0.25) is 9.78 Å². The molecule has 1 N–H and O–H groups in total. The molecule has 0 unspecified atom stereocenters. The Morgan fingerprint density at radius 2 is 1.96 bits per heavy atom. The lowest BCUT2D eigenvalue weighted by atomic mass is 10.2. The van der Waals surface area contributed by atoms with E-state index in [0.717, 1.165) is 27.1 Å². The Morgan fingerprint density at radius 1 is 1.20 bits per heavy atom. The summed E-state index contributed by atoms with van der Waals surface area (Å²) in [5.41, 5.74) is 1.32. The van der Waals surface area contributed by atoms with Gasteiger partial charge in [0.1, 0.15) is 5.01 Å². The third-order valence-electron chi connectivity index (χ3n) is 3.19. The van der Waals surface area contributed by atoms with Crippen molar-refractivity contribution in [2.75, 3.05) is 12.3 Å². The molecule has 0 radical (unpaired) electrons. The predicted octanol–water partition coefficient (Wildman–Crippen LogP) is 2.61. The van der Waals surface area contributed by atoms with Gasteiger partial charge in [-0.15, -0.1) is 10.2 Å². The molecule has 7 nitrogen and oxygen atoms in total. The van der Waals surface area contributed by atoms with Crippen molar-refractivity contribution in [1.29, 1.82) is 0 Å². The molecule has 3 heterocycles. The first-order valence-corrected chi connectivity index (χ1v) is 9.46. The van der Waals surface area contributed by atoms with Crippen LogP contribution in [0.5, 0.6) is 0 Å². The molecule has 1 amide bonds. The van der Waals surface area contributed by atoms with Crippen LogP contribution in [0.25, 0.3) is 11.4 Å². The number of hydrogen-bond acceptors (Lipinski definition) is 8. The molecule has 25 heavy (non-hydrogen) atoms. The first-order chi connectivity index (χ1) is 12.2. The van der Waals surface area contributed by atoms with Crippen LogP contribution >= 0.6 is 23.1 Å². The van der Waals surface area contributed by atoms with Crippen LogP contribution in [-0.4, -0.2) is 43.4 Å². The van der Waals surface area contributed by atoms with Gasteiger partial charge in [-0.25, -0.2) is 9.97 Å². The van der Waals surface area contributed by atoms with Crippen molar-refractivity contribution >= 4 is 29.0 Å². The average Bonchev–Trinajstić information content (AvgIpc) is 3.07. The summed E-state index contributed by atoms with van der Waals surface area (Å²) < 4.78 is 0.962. The molecule has 0 saturated heterocycles. The first kappa shape index (κ1) is 17.4. The van der Waals surface area contributed by atoms with Crippen LogP contribution in [0.3, 0.4) is 0 Å². The Bertz CT molecular complexity index is 822. The number of pyridine rings is 1. The fourth-order valence-electron chi connectivity index (χ4n) is 1.97. The van der Waals surface area contributed by atoms with E-state index in [1.807, 2.05) is 19.1 Å². The van der Waals surface area contributed by atoms with Gasteiger partial charge in [0.15, 0.2) is 10.2 Å². The van der Waals surface area contributed by atoms with Crippen LogP contribution in [0, 0.1) is 6.92 Å². The van der Waals surface area contributed by atoms with E-state index in [9.17, 15) is 4.79 Å². The van der Waals surface area contributed by atoms with Gasteiger partial charge in [0.25, 0.3) is 5.91 Å². The minimum absolute atomic E-state index is 0.168. The molecule has 0 atom stereocenters. The highest BCUT2D eigenvalue weighted by Crippen LogP contribution is 2.22. The van der Waals surface area contributed by atoms with Gasteiger partial charge in [-0.05, 0) is 25.5 Å². The smallest absolute Gasteiger partial charge is 0.254 e. The molecular formula is C16H16N6OS2. The molecule has 0 bridgehead atoms. The van der Waals surface area contributed by atoms with Crippen molar-refractivity contribution in [3.63, 3.8) is 0 Å². The van der Waals surface area contributed by atoms with E-state index < -0.39 is 0 Å². The molecule has 3 aromatic heterocycles. The summed E-state index contributed by atoms with van der Waals surface area (Å²) in [5, 5.41) is 11.9. The van der Waals surface area contributed by atoms with Crippen molar-refractivity contribution in [3.8, 4) is 11.4 Å². The van der Waals surface area contributed by atoms with Gasteiger partial charge >= 0.3 is 0 Å². The van der Waals surface area contributed by atoms with Crippen LogP contribution in [0.1, 0.15) is 21.8 Å². The maximum atomic E-state index is 12.1. The fourth-order valence-corrected chi connectivity index (χ4v) is 3.79. The van der Waals surface area contributed by atoms with Crippen LogP contribution in [0.2, 0.25) is 0 Å². The number of amides is 1. The Labute approximate surface area is 153 Å². The Morgan fingerprint density at radius 3 is 2.64 bits per heavy atom. The van der Waals surface area contributed by atoms with Crippen LogP contribution in [-0.2, 0) is 0 Å². The number of carbonyl (C=O) groups is 1. The van der Waals surface area contributed by atoms with Gasteiger partial charge in [-0.2, -0.15) is 0 Å². The number of thioether (sulfide) groups is 1. The molecule has 9 heteroatoms. The number of aromatic nitrogens is 5. The zero-order valence-corrected chi connectivity index (χ0v) is 15.2. The van der Waals surface area contributed by atoms with Crippen molar-refractivity contribution in [1.82, 2.24) is 30.5 Å². The summed E-state index contributed by atoms with van der Waals surface area (Å²) in [4.78, 5) is 24.5. The lowest BCUT2D eigenvalue weighted by Gasteiger charge is -2.05. The molecule has 3 aromatic rings. The minimum atomic E-state index is -0.168. The van der Waals surface area contributed by atoms with E-state index in [-0.39, 0.29) is 5.91 Å². The third-order valence-corrected chi connectivity index (χ3v) is 5.25. The second-order valence-electron chi connectivity index (χ2n) is 5.08. The average molecular weight is 372 g/mol. The van der Waals surface area contributed by atoms with Crippen molar-refractivity contribution < 1.29 is 4.79 Å². The van der Waals surface area contributed by atoms with Gasteiger partial charge < -0.3 is 5.32 Å². The summed E-state index contributed by atoms with van der Waals surface area (Å²) in [6, 6.07) is 3.65. The molecular weight excluding hydrogens is 356 g/mol.